The number of aliphatic hydroxyl groups is 1. The third-order valence-corrected chi connectivity index (χ3v) is 7.65. The summed E-state index contributed by atoms with van der Waals surface area (Å²) in [4.78, 5) is 21.5. The van der Waals surface area contributed by atoms with Crippen molar-refractivity contribution >= 4 is 5.91 Å². The molecule has 3 aliphatic rings. The molecule has 2 saturated carbocycles. The maximum atomic E-state index is 13.3. The van der Waals surface area contributed by atoms with Crippen LogP contribution in [0.3, 0.4) is 0 Å². The number of piperidine rings is 1. The second-order valence-electron chi connectivity index (χ2n) is 10.4. The zero-order chi connectivity index (χ0) is 24.8. The zero-order valence-electron chi connectivity index (χ0n) is 19.7. The number of benzene rings is 1. The molecular weight excluding hydrogens is 461 g/mol. The highest BCUT2D eigenvalue weighted by molar-refractivity contribution is 5.92. The van der Waals surface area contributed by atoms with Gasteiger partial charge in [-0.3, -0.25) is 9.69 Å². The van der Waals surface area contributed by atoms with Crippen LogP contribution in [-0.2, 0) is 13.6 Å². The number of hydrogen-bond donors (Lipinski definition) is 1. The van der Waals surface area contributed by atoms with Gasteiger partial charge >= 0.3 is 6.36 Å². The lowest BCUT2D eigenvalue weighted by molar-refractivity contribution is -0.274. The Kier molecular flexibility index (Phi) is 6.29. The minimum Gasteiger partial charge on any atom is -0.406 e. The van der Waals surface area contributed by atoms with E-state index in [2.05, 4.69) is 14.6 Å². The molecule has 0 spiro atoms. The summed E-state index contributed by atoms with van der Waals surface area (Å²) in [5.41, 5.74) is 0.314. The van der Waals surface area contributed by atoms with Crippen LogP contribution >= 0.6 is 0 Å². The summed E-state index contributed by atoms with van der Waals surface area (Å²) in [5.74, 6) is 0.739. The number of nitrogens with zero attached hydrogens (tertiary/aromatic N) is 4. The summed E-state index contributed by atoms with van der Waals surface area (Å²) in [7, 11) is 1.78. The summed E-state index contributed by atoms with van der Waals surface area (Å²) >= 11 is 0. The molecule has 0 bridgehead atoms. The maximum Gasteiger partial charge on any atom is 0.573 e. The van der Waals surface area contributed by atoms with E-state index in [-0.39, 0.29) is 18.2 Å². The van der Waals surface area contributed by atoms with Crippen LogP contribution in [-0.4, -0.2) is 68.5 Å². The molecule has 35 heavy (non-hydrogen) atoms. The minimum atomic E-state index is -4.77. The number of halogens is 3. The fourth-order valence-electron chi connectivity index (χ4n) is 5.96. The number of carbonyl (C=O) groups excluding carboxylic acids is 1. The van der Waals surface area contributed by atoms with Crippen LogP contribution in [0.4, 0.5) is 13.2 Å². The predicted molar refractivity (Wildman–Crippen MR) is 121 cm³/mol. The van der Waals surface area contributed by atoms with E-state index in [9.17, 15) is 23.1 Å². The molecule has 1 aromatic carbocycles. The molecule has 0 radical (unpaired) electrons. The average Bonchev–Trinajstić information content (AvgIpc) is 3.22. The zero-order valence-corrected chi connectivity index (χ0v) is 19.7. The Morgan fingerprint density at radius 1 is 1.26 bits per heavy atom. The molecule has 1 aromatic heterocycles. The first-order valence-electron chi connectivity index (χ1n) is 12.2. The molecule has 1 N–H and O–H groups in total. The lowest BCUT2D eigenvalue weighted by Crippen LogP contribution is -2.42. The Morgan fingerprint density at radius 2 is 1.97 bits per heavy atom. The van der Waals surface area contributed by atoms with Crippen molar-refractivity contribution in [1.29, 1.82) is 0 Å². The lowest BCUT2D eigenvalue weighted by atomic mass is 10.0. The third kappa shape index (κ3) is 5.64. The van der Waals surface area contributed by atoms with Gasteiger partial charge in [-0.15, -0.1) is 13.2 Å². The van der Waals surface area contributed by atoms with Gasteiger partial charge in [0.2, 0.25) is 0 Å². The fraction of sp³-hybridized carbons (Fsp3) is 0.600. The lowest BCUT2D eigenvalue weighted by Gasteiger charge is -2.30. The Labute approximate surface area is 202 Å². The fourth-order valence-corrected chi connectivity index (χ4v) is 5.96. The van der Waals surface area contributed by atoms with Gasteiger partial charge in [-0.2, -0.15) is 0 Å². The number of alkyl halides is 3. The molecule has 1 aliphatic heterocycles. The third-order valence-electron chi connectivity index (χ3n) is 7.65. The molecule has 5 rings (SSSR count). The maximum absolute atomic E-state index is 13.3. The summed E-state index contributed by atoms with van der Waals surface area (Å²) in [6.07, 6.45) is 2.33. The number of aromatic nitrogens is 2. The van der Waals surface area contributed by atoms with Crippen LogP contribution in [0.2, 0.25) is 0 Å². The summed E-state index contributed by atoms with van der Waals surface area (Å²) in [6.45, 7) is 3.24. The van der Waals surface area contributed by atoms with Crippen molar-refractivity contribution in [3.05, 3.63) is 48.0 Å². The Hall–Kier alpha value is -2.59. The van der Waals surface area contributed by atoms with Gasteiger partial charge < -0.3 is 19.3 Å². The largest absolute Gasteiger partial charge is 0.573 e. The SMILES string of the molecule is Cn1cnc(C(=O)N(Cc2cccc(OC(F)(F)F)c2)CC2C3CN(CC4(O)CCCC4)CC32)c1. The number of amides is 1. The number of β-amino-alcohol motifs (C(OH)–C–C–N with tert-alkyl or cyclic N) is 1. The van der Waals surface area contributed by atoms with Gasteiger partial charge in [0.15, 0.2) is 0 Å². The Balaban J connectivity index is 1.25. The standard InChI is InChI=1S/C25H31F3N4O3/c1-30-14-22(29-16-30)23(33)32(10-17-5-4-6-18(9-17)35-25(26,27)28)13-21-19-11-31(12-20(19)21)15-24(34)7-2-3-8-24/h4-6,9,14,16,19-21,34H,2-3,7-8,10-13,15H2,1H3. The van der Waals surface area contributed by atoms with Gasteiger partial charge in [-0.25, -0.2) is 4.98 Å². The van der Waals surface area contributed by atoms with Crippen molar-refractivity contribution in [2.45, 2.75) is 44.2 Å². The van der Waals surface area contributed by atoms with E-state index >= 15 is 0 Å². The van der Waals surface area contributed by atoms with Gasteiger partial charge in [0.05, 0.1) is 11.9 Å². The topological polar surface area (TPSA) is 70.8 Å². The molecule has 2 unspecified atom stereocenters. The van der Waals surface area contributed by atoms with Crippen molar-refractivity contribution in [1.82, 2.24) is 19.4 Å². The Morgan fingerprint density at radius 3 is 2.60 bits per heavy atom. The second-order valence-corrected chi connectivity index (χ2v) is 10.4. The molecule has 190 valence electrons. The molecule has 3 fully saturated rings. The molecule has 7 nitrogen and oxygen atoms in total. The highest BCUT2D eigenvalue weighted by Crippen LogP contribution is 2.52. The summed E-state index contributed by atoms with van der Waals surface area (Å²) < 4.78 is 43.7. The summed E-state index contributed by atoms with van der Waals surface area (Å²) in [5, 5.41) is 10.7. The van der Waals surface area contributed by atoms with Gasteiger partial charge in [0.25, 0.3) is 5.91 Å². The number of carbonyl (C=O) groups is 1. The normalized spacial score (nSPS) is 25.5. The van der Waals surface area contributed by atoms with Crippen molar-refractivity contribution in [3.63, 3.8) is 0 Å². The number of rotatable bonds is 8. The molecule has 1 amide bonds. The number of imidazole rings is 1. The number of hydrogen-bond acceptors (Lipinski definition) is 5. The van der Waals surface area contributed by atoms with E-state index in [0.29, 0.717) is 35.6 Å². The first-order chi connectivity index (χ1) is 16.6. The van der Waals surface area contributed by atoms with E-state index in [0.717, 1.165) is 45.3 Å². The van der Waals surface area contributed by atoms with Gasteiger partial charge in [-0.05, 0) is 48.3 Å². The molecule has 10 heteroatoms. The van der Waals surface area contributed by atoms with Gasteiger partial charge in [-0.1, -0.05) is 25.0 Å². The Bertz CT molecular complexity index is 1050. The number of ether oxygens (including phenoxy) is 1. The first-order valence-corrected chi connectivity index (χ1v) is 12.2. The molecule has 1 saturated heterocycles. The molecule has 2 heterocycles. The number of fused-ring (bicyclic) bond motifs is 1. The van der Waals surface area contributed by atoms with Crippen LogP contribution in [0.25, 0.3) is 0 Å². The quantitative estimate of drug-likeness (QED) is 0.612. The first kappa shape index (κ1) is 24.1. The monoisotopic (exact) mass is 492 g/mol. The van der Waals surface area contributed by atoms with E-state index in [4.69, 9.17) is 0 Å². The second kappa shape index (κ2) is 9.13. The van der Waals surface area contributed by atoms with Crippen LogP contribution < -0.4 is 4.74 Å². The van der Waals surface area contributed by atoms with E-state index < -0.39 is 12.0 Å². The van der Waals surface area contributed by atoms with Crippen molar-refractivity contribution in [2.24, 2.45) is 24.8 Å². The number of likely N-dealkylation sites (tertiary alicyclic amines) is 1. The molecule has 2 aromatic rings. The van der Waals surface area contributed by atoms with E-state index in [1.807, 2.05) is 0 Å². The highest BCUT2D eigenvalue weighted by Gasteiger charge is 2.56. The predicted octanol–water partition coefficient (Wildman–Crippen LogP) is 3.44. The van der Waals surface area contributed by atoms with Crippen LogP contribution in [0.15, 0.2) is 36.8 Å². The van der Waals surface area contributed by atoms with Crippen LogP contribution in [0.1, 0.15) is 41.7 Å². The molecule has 2 aliphatic carbocycles. The summed E-state index contributed by atoms with van der Waals surface area (Å²) in [6, 6.07) is 5.76. The van der Waals surface area contributed by atoms with E-state index in [1.54, 1.807) is 35.1 Å². The average molecular weight is 493 g/mol. The smallest absolute Gasteiger partial charge is 0.406 e. The van der Waals surface area contributed by atoms with Crippen LogP contribution in [0, 0.1) is 17.8 Å². The van der Waals surface area contributed by atoms with Crippen molar-refractivity contribution < 1.29 is 27.8 Å². The van der Waals surface area contributed by atoms with Crippen molar-refractivity contribution in [2.75, 3.05) is 26.2 Å². The number of aryl methyl sites for hydroxylation is 1. The van der Waals surface area contributed by atoms with Crippen molar-refractivity contribution in [3.8, 4) is 5.75 Å². The van der Waals surface area contributed by atoms with Gasteiger partial charge in [0.1, 0.15) is 11.4 Å². The molecular formula is C25H31F3N4O3. The van der Waals surface area contributed by atoms with E-state index in [1.165, 1.54) is 18.2 Å². The minimum absolute atomic E-state index is 0.171. The van der Waals surface area contributed by atoms with Gasteiger partial charge in [0, 0.05) is 46.0 Å². The highest BCUT2D eigenvalue weighted by atomic mass is 19.4. The molecule has 2 atom stereocenters. The van der Waals surface area contributed by atoms with Crippen LogP contribution in [0.5, 0.6) is 5.75 Å².